The highest BCUT2D eigenvalue weighted by molar-refractivity contribution is 9.10. The third-order valence-corrected chi connectivity index (χ3v) is 5.54. The normalized spacial score (nSPS) is 10.6. The minimum Gasteiger partial charge on any atom is -0.313 e. The van der Waals surface area contributed by atoms with Crippen LogP contribution in [0.15, 0.2) is 65.3 Å². The number of benzene rings is 2. The predicted molar refractivity (Wildman–Crippen MR) is 119 cm³/mol. The first-order valence-corrected chi connectivity index (χ1v) is 9.97. The van der Waals surface area contributed by atoms with Crippen LogP contribution in [0.2, 0.25) is 0 Å². The highest BCUT2D eigenvalue weighted by atomic mass is 79.9. The number of anilines is 2. The summed E-state index contributed by atoms with van der Waals surface area (Å²) in [4.78, 5) is 6.35. The minimum atomic E-state index is -0.304. The van der Waals surface area contributed by atoms with E-state index >= 15 is 0 Å². The second kappa shape index (κ2) is 8.09. The number of nitriles is 1. The zero-order chi connectivity index (χ0) is 21.3. The third kappa shape index (κ3) is 3.82. The van der Waals surface area contributed by atoms with Gasteiger partial charge in [0.2, 0.25) is 0 Å². The molecule has 0 atom stereocenters. The van der Waals surface area contributed by atoms with Crippen molar-refractivity contribution in [2.24, 2.45) is 0 Å². The monoisotopic (exact) mass is 461 g/mol. The second-order valence-corrected chi connectivity index (χ2v) is 7.72. The molecule has 2 aromatic carbocycles. The smallest absolute Gasteiger partial charge is 0.156 e. The fourth-order valence-corrected chi connectivity index (χ4v) is 3.84. The Morgan fingerprint density at radius 1 is 1.03 bits per heavy atom. The van der Waals surface area contributed by atoms with E-state index in [9.17, 15) is 4.39 Å². The first kappa shape index (κ1) is 19.8. The Bertz CT molecular complexity index is 1270. The van der Waals surface area contributed by atoms with Gasteiger partial charge in [-0.3, -0.25) is 5.10 Å². The van der Waals surface area contributed by atoms with Gasteiger partial charge in [0.05, 0.1) is 17.3 Å². The summed E-state index contributed by atoms with van der Waals surface area (Å²) in [6, 6.07) is 18.1. The summed E-state index contributed by atoms with van der Waals surface area (Å²) in [5, 5.41) is 16.5. The number of aromatic amines is 1. The van der Waals surface area contributed by atoms with Crippen molar-refractivity contribution in [3.05, 3.63) is 82.2 Å². The Kier molecular flexibility index (Phi) is 5.34. The highest BCUT2D eigenvalue weighted by Gasteiger charge is 2.14. The molecule has 0 amide bonds. The average molecular weight is 462 g/mol. The maximum atomic E-state index is 13.4. The number of hydrogen-bond acceptors (Lipinski definition) is 4. The van der Waals surface area contributed by atoms with Crippen molar-refractivity contribution >= 4 is 27.6 Å². The van der Waals surface area contributed by atoms with Crippen LogP contribution in [0.3, 0.4) is 0 Å². The summed E-state index contributed by atoms with van der Waals surface area (Å²) >= 11 is 3.39. The summed E-state index contributed by atoms with van der Waals surface area (Å²) in [7, 11) is 1.89. The molecule has 1 N–H and O–H groups in total. The lowest BCUT2D eigenvalue weighted by Gasteiger charge is -2.16. The van der Waals surface area contributed by atoms with Crippen molar-refractivity contribution in [1.82, 2.24) is 15.2 Å². The van der Waals surface area contributed by atoms with E-state index in [1.807, 2.05) is 55.3 Å². The van der Waals surface area contributed by atoms with Gasteiger partial charge in [-0.15, -0.1) is 0 Å². The predicted octanol–water partition coefficient (Wildman–Crippen LogP) is 5.99. The van der Waals surface area contributed by atoms with Crippen molar-refractivity contribution in [1.29, 1.82) is 5.26 Å². The molecular weight excluding hydrogens is 445 g/mol. The molecule has 0 radical (unpaired) electrons. The number of pyridine rings is 1. The van der Waals surface area contributed by atoms with E-state index < -0.39 is 0 Å². The van der Waals surface area contributed by atoms with E-state index in [4.69, 9.17) is 5.26 Å². The van der Waals surface area contributed by atoms with Crippen LogP contribution in [0.4, 0.5) is 16.0 Å². The van der Waals surface area contributed by atoms with E-state index in [1.54, 1.807) is 12.3 Å². The third-order valence-electron chi connectivity index (χ3n) is 4.88. The van der Waals surface area contributed by atoms with E-state index in [1.165, 1.54) is 12.1 Å². The number of halogens is 2. The molecule has 0 unspecified atom stereocenters. The lowest BCUT2D eigenvalue weighted by Crippen LogP contribution is -2.11. The molecule has 0 saturated heterocycles. The lowest BCUT2D eigenvalue weighted by atomic mass is 9.99. The number of rotatable bonds is 4. The zero-order valence-corrected chi connectivity index (χ0v) is 17.9. The number of aromatic nitrogens is 3. The number of nitrogens with zero attached hydrogens (tertiary/aromatic N) is 4. The number of nitrogens with one attached hydrogen (secondary N) is 1. The summed E-state index contributed by atoms with van der Waals surface area (Å²) in [5.41, 5.74) is 5.30. The average Bonchev–Trinajstić information content (AvgIpc) is 3.23. The topological polar surface area (TPSA) is 68.6 Å². The van der Waals surface area contributed by atoms with Crippen LogP contribution < -0.4 is 4.90 Å². The minimum absolute atomic E-state index is 0.304. The SMILES string of the molecule is Cc1cc(C#N)ccc1-c1ccnc(N(C)c2cc(-c3ccc(F)cc3Br)[nH]n2)c1. The van der Waals surface area contributed by atoms with Gasteiger partial charge in [0.25, 0.3) is 0 Å². The van der Waals surface area contributed by atoms with Crippen molar-refractivity contribution < 1.29 is 4.39 Å². The van der Waals surface area contributed by atoms with Gasteiger partial charge in [-0.2, -0.15) is 10.4 Å². The van der Waals surface area contributed by atoms with E-state index in [0.29, 0.717) is 15.9 Å². The van der Waals surface area contributed by atoms with Gasteiger partial charge in [-0.25, -0.2) is 9.37 Å². The van der Waals surface area contributed by atoms with Crippen LogP contribution in [0.25, 0.3) is 22.4 Å². The molecule has 4 rings (SSSR count). The van der Waals surface area contributed by atoms with Gasteiger partial charge in [0.15, 0.2) is 5.82 Å². The molecule has 2 heterocycles. The second-order valence-electron chi connectivity index (χ2n) is 6.87. The summed E-state index contributed by atoms with van der Waals surface area (Å²) in [6.07, 6.45) is 1.75. The van der Waals surface area contributed by atoms with Crippen LogP contribution in [0.1, 0.15) is 11.1 Å². The Hall–Kier alpha value is -3.50. The molecule has 5 nitrogen and oxygen atoms in total. The van der Waals surface area contributed by atoms with Crippen molar-refractivity contribution in [2.75, 3.05) is 11.9 Å². The first-order valence-electron chi connectivity index (χ1n) is 9.18. The fourth-order valence-electron chi connectivity index (χ4n) is 3.27. The van der Waals surface area contributed by atoms with Crippen LogP contribution in [-0.4, -0.2) is 22.2 Å². The van der Waals surface area contributed by atoms with Crippen molar-refractivity contribution in [2.45, 2.75) is 6.92 Å². The van der Waals surface area contributed by atoms with Crippen LogP contribution >= 0.6 is 15.9 Å². The molecule has 0 saturated carbocycles. The molecule has 0 spiro atoms. The zero-order valence-electron chi connectivity index (χ0n) is 16.3. The molecule has 0 bridgehead atoms. The Morgan fingerprint density at radius 3 is 2.57 bits per heavy atom. The van der Waals surface area contributed by atoms with Crippen LogP contribution in [0, 0.1) is 24.1 Å². The molecule has 2 aromatic heterocycles. The lowest BCUT2D eigenvalue weighted by molar-refractivity contribution is 0.627. The highest BCUT2D eigenvalue weighted by Crippen LogP contribution is 2.32. The number of H-pyrrole nitrogens is 1. The van der Waals surface area contributed by atoms with E-state index in [0.717, 1.165) is 33.8 Å². The quantitative estimate of drug-likeness (QED) is 0.405. The molecular formula is C23H17BrFN5. The van der Waals surface area contributed by atoms with Crippen molar-refractivity contribution in [3.63, 3.8) is 0 Å². The summed E-state index contributed by atoms with van der Waals surface area (Å²) in [5.74, 6) is 1.11. The first-order chi connectivity index (χ1) is 14.5. The molecule has 0 aliphatic carbocycles. The van der Waals surface area contributed by atoms with E-state index in [-0.39, 0.29) is 5.82 Å². The Morgan fingerprint density at radius 2 is 1.83 bits per heavy atom. The molecule has 0 aliphatic heterocycles. The molecule has 0 fully saturated rings. The largest absolute Gasteiger partial charge is 0.313 e. The molecule has 148 valence electrons. The maximum absolute atomic E-state index is 13.4. The van der Waals surface area contributed by atoms with Gasteiger partial charge in [-0.1, -0.05) is 6.07 Å². The molecule has 0 aliphatic rings. The Balaban J connectivity index is 1.65. The summed E-state index contributed by atoms with van der Waals surface area (Å²) in [6.45, 7) is 1.99. The number of hydrogen-bond donors (Lipinski definition) is 1. The van der Waals surface area contributed by atoms with Crippen LogP contribution in [0.5, 0.6) is 0 Å². The fraction of sp³-hybridized carbons (Fsp3) is 0.0870. The number of aryl methyl sites for hydroxylation is 1. The summed E-state index contributed by atoms with van der Waals surface area (Å²) < 4.78 is 14.0. The van der Waals surface area contributed by atoms with Gasteiger partial charge in [0.1, 0.15) is 11.6 Å². The van der Waals surface area contributed by atoms with Gasteiger partial charge in [-0.05, 0) is 82.0 Å². The maximum Gasteiger partial charge on any atom is 0.156 e. The molecule has 30 heavy (non-hydrogen) atoms. The van der Waals surface area contributed by atoms with Gasteiger partial charge in [0, 0.05) is 29.3 Å². The van der Waals surface area contributed by atoms with Gasteiger partial charge < -0.3 is 4.90 Å². The van der Waals surface area contributed by atoms with Gasteiger partial charge >= 0.3 is 0 Å². The van der Waals surface area contributed by atoms with Crippen LogP contribution in [-0.2, 0) is 0 Å². The van der Waals surface area contributed by atoms with E-state index in [2.05, 4.69) is 37.2 Å². The standard InChI is InChI=1S/C23H17BrFN5/c1-14-9-15(13-26)3-5-18(14)16-7-8-27-22(10-16)30(2)23-12-21(28-29-23)19-6-4-17(25)11-20(19)24/h3-12H,1-2H3,(H,28,29). The molecule has 4 aromatic rings. The van der Waals surface area contributed by atoms with Crippen molar-refractivity contribution in [3.8, 4) is 28.5 Å². The Labute approximate surface area is 181 Å². The molecule has 7 heteroatoms.